The number of carbonyl (C=O) groups is 1. The second kappa shape index (κ2) is 7.87. The maximum absolute atomic E-state index is 12.2. The molecule has 128 valence electrons. The molecule has 2 aromatic carbocycles. The highest BCUT2D eigenvalue weighted by Crippen LogP contribution is 2.31. The molecule has 25 heavy (non-hydrogen) atoms. The zero-order valence-electron chi connectivity index (χ0n) is 13.1. The van der Waals surface area contributed by atoms with Crippen molar-refractivity contribution < 1.29 is 14.3 Å². The number of furan rings is 1. The Labute approximate surface area is 158 Å². The van der Waals surface area contributed by atoms with Gasteiger partial charge in [-0.15, -0.1) is 0 Å². The maximum atomic E-state index is 12.2. The lowest BCUT2D eigenvalue weighted by Gasteiger charge is -2.08. The summed E-state index contributed by atoms with van der Waals surface area (Å²) in [5, 5.41) is 12.4. The molecule has 0 spiro atoms. The van der Waals surface area contributed by atoms with Gasteiger partial charge in [0.25, 0.3) is 0 Å². The second-order valence-electron chi connectivity index (χ2n) is 5.47. The van der Waals surface area contributed by atoms with Crippen LogP contribution in [0.25, 0.3) is 11.3 Å². The Hall–Kier alpha value is -2.08. The van der Waals surface area contributed by atoms with Crippen molar-refractivity contribution in [1.82, 2.24) is 0 Å². The molecule has 0 aliphatic rings. The van der Waals surface area contributed by atoms with Crippen molar-refractivity contribution in [3.63, 3.8) is 0 Å². The van der Waals surface area contributed by atoms with Gasteiger partial charge in [0.2, 0.25) is 5.91 Å². The minimum atomic E-state index is -0.165. The number of carbonyl (C=O) groups excluding carboxylic acids is 1. The Morgan fingerprint density at radius 1 is 1.12 bits per heavy atom. The van der Waals surface area contributed by atoms with E-state index in [0.717, 1.165) is 10.0 Å². The molecule has 4 nitrogen and oxygen atoms in total. The van der Waals surface area contributed by atoms with E-state index in [1.165, 1.54) is 0 Å². The van der Waals surface area contributed by atoms with Gasteiger partial charge in [-0.2, -0.15) is 0 Å². The quantitative estimate of drug-likeness (QED) is 0.608. The lowest BCUT2D eigenvalue weighted by atomic mass is 10.1. The van der Waals surface area contributed by atoms with Crippen molar-refractivity contribution in [1.29, 1.82) is 0 Å². The van der Waals surface area contributed by atoms with Crippen LogP contribution in [0.1, 0.15) is 11.3 Å². The topological polar surface area (TPSA) is 62.5 Å². The Morgan fingerprint density at radius 3 is 2.52 bits per heavy atom. The maximum Gasteiger partial charge on any atom is 0.228 e. The van der Waals surface area contributed by atoms with E-state index < -0.39 is 0 Å². The molecule has 0 fully saturated rings. The molecule has 2 N–H and O–H groups in total. The third-order valence-electron chi connectivity index (χ3n) is 3.61. The highest BCUT2D eigenvalue weighted by molar-refractivity contribution is 9.10. The fourth-order valence-corrected chi connectivity index (χ4v) is 2.93. The standard InChI is InChI=1S/C19H15BrClNO3/c20-13-3-1-12(2-4-13)9-19(24)22-14-5-7-16(17(21)10-14)18-8-6-15(11-23)25-18/h1-8,10,23H,9,11H2,(H,22,24). The fraction of sp³-hybridized carbons (Fsp3) is 0.105. The summed E-state index contributed by atoms with van der Waals surface area (Å²) in [6.45, 7) is -0.165. The lowest BCUT2D eigenvalue weighted by Crippen LogP contribution is -2.14. The molecule has 6 heteroatoms. The van der Waals surface area contributed by atoms with Crippen LogP contribution in [0.3, 0.4) is 0 Å². The number of halogens is 2. The van der Waals surface area contributed by atoms with Crippen molar-refractivity contribution in [2.75, 3.05) is 5.32 Å². The van der Waals surface area contributed by atoms with E-state index in [2.05, 4.69) is 21.2 Å². The Bertz CT molecular complexity index is 890. The third-order valence-corrected chi connectivity index (χ3v) is 4.46. The van der Waals surface area contributed by atoms with Crippen molar-refractivity contribution in [2.45, 2.75) is 13.0 Å². The first-order chi connectivity index (χ1) is 12.0. The van der Waals surface area contributed by atoms with Crippen LogP contribution in [-0.4, -0.2) is 11.0 Å². The van der Waals surface area contributed by atoms with Crippen molar-refractivity contribution in [3.8, 4) is 11.3 Å². The normalized spacial score (nSPS) is 10.7. The molecule has 0 aliphatic heterocycles. The Kier molecular flexibility index (Phi) is 5.58. The van der Waals surface area contributed by atoms with Crippen LogP contribution in [0.2, 0.25) is 5.02 Å². The molecular formula is C19H15BrClNO3. The summed E-state index contributed by atoms with van der Waals surface area (Å²) >= 11 is 9.67. The highest BCUT2D eigenvalue weighted by atomic mass is 79.9. The van der Waals surface area contributed by atoms with Crippen molar-refractivity contribution in [3.05, 3.63) is 75.4 Å². The van der Waals surface area contributed by atoms with E-state index in [0.29, 0.717) is 27.8 Å². The second-order valence-corrected chi connectivity index (χ2v) is 6.79. The summed E-state index contributed by atoms with van der Waals surface area (Å²) in [4.78, 5) is 12.2. The number of aliphatic hydroxyl groups is 1. The summed E-state index contributed by atoms with van der Waals surface area (Å²) in [6.07, 6.45) is 0.282. The van der Waals surface area contributed by atoms with Crippen LogP contribution in [0, 0.1) is 0 Å². The minimum absolute atomic E-state index is 0.119. The molecule has 0 atom stereocenters. The zero-order chi connectivity index (χ0) is 17.8. The molecule has 0 saturated heterocycles. The van der Waals surface area contributed by atoms with Gasteiger partial charge in [-0.25, -0.2) is 0 Å². The number of aliphatic hydroxyl groups excluding tert-OH is 1. The SMILES string of the molecule is O=C(Cc1ccc(Br)cc1)Nc1ccc(-c2ccc(CO)o2)c(Cl)c1. The fourth-order valence-electron chi connectivity index (χ4n) is 2.39. The van der Waals surface area contributed by atoms with E-state index in [-0.39, 0.29) is 18.9 Å². The molecule has 3 aromatic rings. The lowest BCUT2D eigenvalue weighted by molar-refractivity contribution is -0.115. The first kappa shape index (κ1) is 17.7. The number of nitrogens with one attached hydrogen (secondary N) is 1. The molecular weight excluding hydrogens is 406 g/mol. The van der Waals surface area contributed by atoms with Crippen molar-refractivity contribution >= 4 is 39.1 Å². The summed E-state index contributed by atoms with van der Waals surface area (Å²) in [6, 6.07) is 16.3. The van der Waals surface area contributed by atoms with Crippen LogP contribution < -0.4 is 5.32 Å². The van der Waals surface area contributed by atoms with E-state index in [4.69, 9.17) is 21.1 Å². The van der Waals surface area contributed by atoms with E-state index in [1.807, 2.05) is 24.3 Å². The first-order valence-corrected chi connectivity index (χ1v) is 8.76. The first-order valence-electron chi connectivity index (χ1n) is 7.59. The summed E-state index contributed by atoms with van der Waals surface area (Å²) < 4.78 is 6.46. The molecule has 0 aliphatic carbocycles. The summed E-state index contributed by atoms with van der Waals surface area (Å²) in [7, 11) is 0. The van der Waals surface area contributed by atoms with Crippen molar-refractivity contribution in [2.24, 2.45) is 0 Å². The molecule has 0 radical (unpaired) electrons. The van der Waals surface area contributed by atoms with E-state index in [1.54, 1.807) is 30.3 Å². The molecule has 0 unspecified atom stereocenters. The molecule has 1 aromatic heterocycles. The van der Waals surface area contributed by atoms with Crippen LogP contribution in [0.4, 0.5) is 5.69 Å². The van der Waals surface area contributed by atoms with Gasteiger partial charge >= 0.3 is 0 Å². The van der Waals surface area contributed by atoms with Crippen LogP contribution in [0.5, 0.6) is 0 Å². The predicted molar refractivity (Wildman–Crippen MR) is 102 cm³/mol. The van der Waals surface area contributed by atoms with Gasteiger partial charge in [-0.3, -0.25) is 4.79 Å². The van der Waals surface area contributed by atoms with Crippen LogP contribution in [0.15, 0.2) is 63.5 Å². The zero-order valence-corrected chi connectivity index (χ0v) is 15.5. The average Bonchev–Trinajstić information content (AvgIpc) is 3.06. The monoisotopic (exact) mass is 419 g/mol. The minimum Gasteiger partial charge on any atom is -0.459 e. The average molecular weight is 421 g/mol. The van der Waals surface area contributed by atoms with Gasteiger partial charge in [0, 0.05) is 15.7 Å². The summed E-state index contributed by atoms with van der Waals surface area (Å²) in [5.41, 5.74) is 2.24. The van der Waals surface area contributed by atoms with Gasteiger partial charge in [0.05, 0.1) is 11.4 Å². The smallest absolute Gasteiger partial charge is 0.228 e. The van der Waals surface area contributed by atoms with Gasteiger partial charge < -0.3 is 14.8 Å². The number of hydrogen-bond acceptors (Lipinski definition) is 3. The third kappa shape index (κ3) is 4.51. The van der Waals surface area contributed by atoms with E-state index in [9.17, 15) is 4.79 Å². The Balaban J connectivity index is 1.69. The van der Waals surface area contributed by atoms with Gasteiger partial charge in [-0.05, 0) is 48.0 Å². The molecule has 1 amide bonds. The van der Waals surface area contributed by atoms with Crippen LogP contribution >= 0.6 is 27.5 Å². The summed E-state index contributed by atoms with van der Waals surface area (Å²) in [5.74, 6) is 0.923. The number of rotatable bonds is 5. The largest absolute Gasteiger partial charge is 0.459 e. The number of benzene rings is 2. The van der Waals surface area contributed by atoms with Gasteiger partial charge in [0.1, 0.15) is 18.1 Å². The van der Waals surface area contributed by atoms with Crippen LogP contribution in [-0.2, 0) is 17.8 Å². The predicted octanol–water partition coefficient (Wildman–Crippen LogP) is 5.04. The van der Waals surface area contributed by atoms with Gasteiger partial charge in [0.15, 0.2) is 0 Å². The van der Waals surface area contributed by atoms with E-state index >= 15 is 0 Å². The number of amides is 1. The Morgan fingerprint density at radius 2 is 1.88 bits per heavy atom. The number of anilines is 1. The molecule has 1 heterocycles. The number of hydrogen-bond donors (Lipinski definition) is 2. The van der Waals surface area contributed by atoms with Gasteiger partial charge in [-0.1, -0.05) is 39.7 Å². The molecule has 0 bridgehead atoms. The molecule has 3 rings (SSSR count). The highest BCUT2D eigenvalue weighted by Gasteiger charge is 2.11. The molecule has 0 saturated carbocycles.